The van der Waals surface area contributed by atoms with Crippen molar-refractivity contribution in [3.63, 3.8) is 0 Å². The maximum absolute atomic E-state index is 14.4. The van der Waals surface area contributed by atoms with Crippen molar-refractivity contribution < 1.29 is 57.1 Å². The minimum atomic E-state index is -1.44. The van der Waals surface area contributed by atoms with Gasteiger partial charge < -0.3 is 50.3 Å². The second-order valence-electron chi connectivity index (χ2n) is 22.3. The number of rotatable bonds is 20. The molecule has 67 heavy (non-hydrogen) atoms. The van der Waals surface area contributed by atoms with E-state index in [1.807, 2.05) is 0 Å². The zero-order valence-electron chi connectivity index (χ0n) is 42.4. The molecular weight excluding hydrogens is 863 g/mol. The molecule has 4 fully saturated rings. The fraction of sp³-hybridized carbons (Fsp3) is 0.792. The van der Waals surface area contributed by atoms with E-state index in [2.05, 4.69) is 53.9 Å². The van der Waals surface area contributed by atoms with Crippen LogP contribution in [0.2, 0.25) is 0 Å². The van der Waals surface area contributed by atoms with Gasteiger partial charge in [-0.05, 0) is 116 Å². The second kappa shape index (κ2) is 21.8. The molecule has 0 aromatic rings. The van der Waals surface area contributed by atoms with E-state index in [9.17, 15) is 38.4 Å². The average molecular weight is 943 g/mol. The molecule has 0 radical (unpaired) electrons. The maximum Gasteiger partial charge on any atom is 0.482 e. The maximum atomic E-state index is 14.4. The van der Waals surface area contributed by atoms with Crippen molar-refractivity contribution in [2.45, 2.75) is 207 Å². The van der Waals surface area contributed by atoms with E-state index in [4.69, 9.17) is 18.8 Å². The molecule has 376 valence electrons. The molecule has 2 aliphatic heterocycles. The van der Waals surface area contributed by atoms with E-state index in [1.54, 1.807) is 75.3 Å². The van der Waals surface area contributed by atoms with Gasteiger partial charge in [0.15, 0.2) is 0 Å². The molecule has 3 unspecified atom stereocenters. The Kier molecular flexibility index (Phi) is 18.0. The molecule has 2 saturated carbocycles. The largest absolute Gasteiger partial charge is 0.482 e. The van der Waals surface area contributed by atoms with Crippen LogP contribution in [0.1, 0.15) is 148 Å². The van der Waals surface area contributed by atoms with Crippen molar-refractivity contribution in [2.75, 3.05) is 6.54 Å². The molecule has 10 atom stereocenters. The molecule has 19 heteroatoms. The molecule has 6 amide bonds. The number of hydrogen-bond acceptors (Lipinski definition) is 12. The van der Waals surface area contributed by atoms with Crippen molar-refractivity contribution in [1.29, 1.82) is 0 Å². The predicted octanol–water partition coefficient (Wildman–Crippen LogP) is 3.43. The zero-order chi connectivity index (χ0) is 50.6. The van der Waals surface area contributed by atoms with Crippen LogP contribution in [0.25, 0.3) is 0 Å². The lowest BCUT2D eigenvalue weighted by Gasteiger charge is -2.35. The number of amides is 6. The van der Waals surface area contributed by atoms with Gasteiger partial charge in [0.25, 0.3) is 0 Å². The summed E-state index contributed by atoms with van der Waals surface area (Å²) < 4.78 is 24.1. The van der Waals surface area contributed by atoms with Crippen LogP contribution < -0.4 is 26.6 Å². The minimum absolute atomic E-state index is 0.0872. The van der Waals surface area contributed by atoms with Gasteiger partial charge in [0.2, 0.25) is 35.4 Å². The van der Waals surface area contributed by atoms with Crippen LogP contribution >= 0.6 is 0 Å². The quantitative estimate of drug-likeness (QED) is 0.0671. The first kappa shape index (κ1) is 55.1. The first-order valence-electron chi connectivity index (χ1n) is 24.1. The lowest BCUT2D eigenvalue weighted by molar-refractivity contribution is -0.156. The van der Waals surface area contributed by atoms with E-state index in [-0.39, 0.29) is 36.8 Å². The van der Waals surface area contributed by atoms with Crippen LogP contribution in [-0.2, 0) is 57.1 Å². The molecule has 2 saturated heterocycles. The van der Waals surface area contributed by atoms with Crippen LogP contribution in [0.5, 0.6) is 0 Å². The number of esters is 2. The second-order valence-corrected chi connectivity index (χ2v) is 22.3. The third kappa shape index (κ3) is 13.8. The molecule has 0 aromatic heterocycles. The number of ether oxygens (including phenoxy) is 2. The summed E-state index contributed by atoms with van der Waals surface area (Å²) in [5.41, 5.74) is -2.10. The number of nitrogens with zero attached hydrogens (tertiary/aromatic N) is 1. The highest BCUT2D eigenvalue weighted by atomic mass is 16.7. The third-order valence-corrected chi connectivity index (χ3v) is 13.5. The Labute approximate surface area is 397 Å². The van der Waals surface area contributed by atoms with Crippen LogP contribution in [-0.4, -0.2) is 125 Å². The van der Waals surface area contributed by atoms with Gasteiger partial charge in [-0.15, -0.1) is 6.58 Å². The van der Waals surface area contributed by atoms with Gasteiger partial charge in [-0.1, -0.05) is 47.6 Å². The van der Waals surface area contributed by atoms with E-state index in [1.165, 1.54) is 4.90 Å². The minimum Gasteiger partial charge on any atom is -0.460 e. The highest BCUT2D eigenvalue weighted by Gasteiger charge is 2.71. The van der Waals surface area contributed by atoms with Gasteiger partial charge in [-0.3, -0.25) is 38.4 Å². The summed E-state index contributed by atoms with van der Waals surface area (Å²) in [6.45, 7) is 28.9. The van der Waals surface area contributed by atoms with Gasteiger partial charge in [0.05, 0.1) is 24.1 Å². The number of carbonyl (C=O) groups excluding carboxylic acids is 8. The van der Waals surface area contributed by atoms with Crippen molar-refractivity contribution in [2.24, 2.45) is 29.1 Å². The Morgan fingerprint density at radius 3 is 1.91 bits per heavy atom. The lowest BCUT2D eigenvalue weighted by Crippen LogP contribution is -2.61. The molecule has 0 spiro atoms. The Hall–Kier alpha value is -4.52. The standard InChI is InChI=1S/C48H79BN6O12/c1-16-18-34(49-66-39-29-20-22-33(47(29,13)14)48(39,15)67-49)52-42(61)32-19-17-24-55(32)44(63)38(27(4)5)54-43(62)37(26(2)3)53-40(59)30(21-23-35(57)64-45(7,8)9)51-41(60)31(50-28(6)56)25-36(58)65-46(10,11)12/h16,26-27,29-34,37-39H,1,17-25H2,2-15H3,(H,50,56)(H,51,60)(H,52,61)(H,53,59)(H,54,62)/t29?,30-,31-,32-,33?,34-,37-,38-,39?,48-/m0/s1. The van der Waals surface area contributed by atoms with Crippen molar-refractivity contribution >= 4 is 54.5 Å². The summed E-state index contributed by atoms with van der Waals surface area (Å²) in [5.74, 6) is -6.14. The van der Waals surface area contributed by atoms with E-state index in [0.29, 0.717) is 31.1 Å². The topological polar surface area (TPSA) is 237 Å². The normalized spacial score (nSPS) is 25.3. The van der Waals surface area contributed by atoms with E-state index >= 15 is 0 Å². The number of likely N-dealkylation sites (tertiary alicyclic amines) is 1. The van der Waals surface area contributed by atoms with Gasteiger partial charge in [0.1, 0.15) is 41.4 Å². The van der Waals surface area contributed by atoms with Crippen LogP contribution in [0.4, 0.5) is 0 Å². The monoisotopic (exact) mass is 943 g/mol. The fourth-order valence-electron chi connectivity index (χ4n) is 10.4. The van der Waals surface area contributed by atoms with Crippen LogP contribution in [0.15, 0.2) is 12.7 Å². The Balaban J connectivity index is 1.48. The molecule has 2 aliphatic carbocycles. The van der Waals surface area contributed by atoms with Crippen LogP contribution in [0.3, 0.4) is 0 Å². The molecular formula is C48H79BN6O12. The number of nitrogens with one attached hydrogen (secondary N) is 5. The predicted molar refractivity (Wildman–Crippen MR) is 250 cm³/mol. The molecule has 18 nitrogen and oxygen atoms in total. The van der Waals surface area contributed by atoms with Gasteiger partial charge in [0, 0.05) is 19.9 Å². The lowest BCUT2D eigenvalue weighted by atomic mass is 9.74. The van der Waals surface area contributed by atoms with E-state index in [0.717, 1.165) is 19.8 Å². The third-order valence-electron chi connectivity index (χ3n) is 13.5. The van der Waals surface area contributed by atoms with Crippen molar-refractivity contribution in [3.05, 3.63) is 12.7 Å². The van der Waals surface area contributed by atoms with Crippen molar-refractivity contribution in [1.82, 2.24) is 31.5 Å². The number of carbonyl (C=O) groups is 8. The molecule has 2 bridgehead atoms. The highest BCUT2D eigenvalue weighted by molar-refractivity contribution is 6.48. The molecule has 2 heterocycles. The highest BCUT2D eigenvalue weighted by Crippen LogP contribution is 2.66. The fourth-order valence-corrected chi connectivity index (χ4v) is 10.4. The number of fused-ring (bicyclic) bond motifs is 5. The number of hydrogen-bond donors (Lipinski definition) is 5. The Morgan fingerprint density at radius 1 is 0.776 bits per heavy atom. The summed E-state index contributed by atoms with van der Waals surface area (Å²) in [6, 6.07) is -6.02. The Morgan fingerprint density at radius 2 is 1.36 bits per heavy atom. The van der Waals surface area contributed by atoms with Gasteiger partial charge in [-0.2, -0.15) is 0 Å². The molecule has 0 aromatic carbocycles. The van der Waals surface area contributed by atoms with Crippen molar-refractivity contribution in [3.8, 4) is 0 Å². The molecule has 5 N–H and O–H groups in total. The first-order chi connectivity index (χ1) is 30.9. The average Bonchev–Trinajstić information content (AvgIpc) is 3.93. The summed E-state index contributed by atoms with van der Waals surface area (Å²) >= 11 is 0. The first-order valence-corrected chi connectivity index (χ1v) is 24.1. The SMILES string of the molecule is C=CC[C@H](NC(=O)[C@@H]1CCCN1C(=O)[C@@H](NC(=O)[C@@H](NC(=O)[C@H](CCC(=O)OC(C)(C)C)NC(=O)[C@H](CC(=O)OC(C)(C)C)NC(C)=O)C(C)C)C(C)C)B1OC2C3CCC(C3(C)C)[C@]2(C)O1. The van der Waals surface area contributed by atoms with Gasteiger partial charge >= 0.3 is 19.1 Å². The van der Waals surface area contributed by atoms with Gasteiger partial charge in [-0.25, -0.2) is 0 Å². The Bertz CT molecular complexity index is 1880. The molecule has 4 rings (SSSR count). The molecule has 4 aliphatic rings. The van der Waals surface area contributed by atoms with Crippen LogP contribution in [0, 0.1) is 29.1 Å². The summed E-state index contributed by atoms with van der Waals surface area (Å²) in [6.07, 6.45) is 3.98. The van der Waals surface area contributed by atoms with E-state index < -0.39 is 120 Å². The summed E-state index contributed by atoms with van der Waals surface area (Å²) in [5, 5.41) is 13.6. The summed E-state index contributed by atoms with van der Waals surface area (Å²) in [7, 11) is -0.686. The summed E-state index contributed by atoms with van der Waals surface area (Å²) in [4.78, 5) is 110. The zero-order valence-corrected chi connectivity index (χ0v) is 42.4. The smallest absolute Gasteiger partial charge is 0.460 e.